The van der Waals surface area contributed by atoms with Crippen LogP contribution >= 0.6 is 11.6 Å². The van der Waals surface area contributed by atoms with E-state index in [9.17, 15) is 0 Å². The van der Waals surface area contributed by atoms with Gasteiger partial charge in [-0.05, 0) is 44.2 Å². The van der Waals surface area contributed by atoms with Gasteiger partial charge in [0.2, 0.25) is 0 Å². The Morgan fingerprint density at radius 3 is 3.12 bits per heavy atom. The highest BCUT2D eigenvalue weighted by Crippen LogP contribution is 2.26. The van der Waals surface area contributed by atoms with Crippen molar-refractivity contribution in [3.05, 3.63) is 16.9 Å². The van der Waals surface area contributed by atoms with Crippen LogP contribution in [0.15, 0.2) is 6.20 Å². The van der Waals surface area contributed by atoms with E-state index in [0.717, 1.165) is 43.4 Å². The molecule has 0 aliphatic carbocycles. The average Bonchev–Trinajstić information content (AvgIpc) is 2.65. The SMILES string of the molecule is CCCn1ncc(Cl)c1CC1CNCCC1C. The van der Waals surface area contributed by atoms with Crippen molar-refractivity contribution in [1.29, 1.82) is 0 Å². The molecule has 1 N–H and O–H groups in total. The minimum atomic E-state index is 0.688. The van der Waals surface area contributed by atoms with Crippen LogP contribution < -0.4 is 5.32 Å². The molecule has 3 nitrogen and oxygen atoms in total. The summed E-state index contributed by atoms with van der Waals surface area (Å²) in [6, 6.07) is 0. The molecule has 17 heavy (non-hydrogen) atoms. The first-order valence-corrected chi connectivity index (χ1v) is 7.01. The molecule has 0 bridgehead atoms. The standard InChI is InChI=1S/C13H22ClN3/c1-3-6-17-13(12(14)9-16-17)7-11-8-15-5-4-10(11)2/h9-11,15H,3-8H2,1-2H3. The second-order valence-corrected chi connectivity index (χ2v) is 5.50. The Labute approximate surface area is 109 Å². The van der Waals surface area contributed by atoms with E-state index >= 15 is 0 Å². The molecule has 1 saturated heterocycles. The zero-order chi connectivity index (χ0) is 12.3. The Bertz CT molecular complexity index is 362. The number of nitrogens with one attached hydrogen (secondary N) is 1. The summed E-state index contributed by atoms with van der Waals surface area (Å²) < 4.78 is 2.07. The fourth-order valence-electron chi connectivity index (χ4n) is 2.57. The number of hydrogen-bond acceptors (Lipinski definition) is 2. The minimum absolute atomic E-state index is 0.688. The summed E-state index contributed by atoms with van der Waals surface area (Å²) >= 11 is 6.24. The van der Waals surface area contributed by atoms with Gasteiger partial charge in [-0.15, -0.1) is 0 Å². The van der Waals surface area contributed by atoms with E-state index in [2.05, 4.69) is 28.9 Å². The first-order valence-electron chi connectivity index (χ1n) is 6.63. The molecule has 0 aromatic carbocycles. The highest BCUT2D eigenvalue weighted by atomic mass is 35.5. The van der Waals surface area contributed by atoms with E-state index in [1.807, 2.05) is 0 Å². The average molecular weight is 256 g/mol. The molecule has 1 aromatic rings. The van der Waals surface area contributed by atoms with Gasteiger partial charge in [0.1, 0.15) is 0 Å². The Morgan fingerprint density at radius 2 is 2.41 bits per heavy atom. The third-order valence-electron chi connectivity index (χ3n) is 3.78. The maximum atomic E-state index is 6.24. The normalized spacial score (nSPS) is 25.1. The Kier molecular flexibility index (Phi) is 4.46. The smallest absolute Gasteiger partial charge is 0.0817 e. The molecule has 0 saturated carbocycles. The molecular weight excluding hydrogens is 234 g/mol. The molecule has 2 rings (SSSR count). The van der Waals surface area contributed by atoms with Crippen LogP contribution in [0.4, 0.5) is 0 Å². The van der Waals surface area contributed by atoms with Crippen molar-refractivity contribution >= 4 is 11.6 Å². The van der Waals surface area contributed by atoms with Gasteiger partial charge in [-0.25, -0.2) is 0 Å². The lowest BCUT2D eigenvalue weighted by Gasteiger charge is -2.29. The van der Waals surface area contributed by atoms with E-state index in [1.165, 1.54) is 12.1 Å². The second-order valence-electron chi connectivity index (χ2n) is 5.10. The van der Waals surface area contributed by atoms with Crippen molar-refractivity contribution in [3.63, 3.8) is 0 Å². The van der Waals surface area contributed by atoms with Crippen LogP contribution in [0.2, 0.25) is 5.02 Å². The Balaban J connectivity index is 2.08. The predicted molar refractivity (Wildman–Crippen MR) is 71.4 cm³/mol. The quantitative estimate of drug-likeness (QED) is 0.897. The van der Waals surface area contributed by atoms with Crippen molar-refractivity contribution in [2.24, 2.45) is 11.8 Å². The van der Waals surface area contributed by atoms with E-state index in [0.29, 0.717) is 5.92 Å². The van der Waals surface area contributed by atoms with Gasteiger partial charge in [-0.3, -0.25) is 4.68 Å². The van der Waals surface area contributed by atoms with Crippen molar-refractivity contribution in [1.82, 2.24) is 15.1 Å². The monoisotopic (exact) mass is 255 g/mol. The first-order chi connectivity index (χ1) is 8.22. The molecule has 1 fully saturated rings. The maximum Gasteiger partial charge on any atom is 0.0817 e. The van der Waals surface area contributed by atoms with Crippen molar-refractivity contribution in [3.8, 4) is 0 Å². The third-order valence-corrected chi connectivity index (χ3v) is 4.09. The van der Waals surface area contributed by atoms with Gasteiger partial charge < -0.3 is 5.32 Å². The van der Waals surface area contributed by atoms with Gasteiger partial charge >= 0.3 is 0 Å². The van der Waals surface area contributed by atoms with Gasteiger partial charge in [-0.1, -0.05) is 25.4 Å². The first kappa shape index (κ1) is 12.9. The van der Waals surface area contributed by atoms with Crippen LogP contribution in [-0.2, 0) is 13.0 Å². The highest BCUT2D eigenvalue weighted by Gasteiger charge is 2.23. The Morgan fingerprint density at radius 1 is 1.59 bits per heavy atom. The summed E-state index contributed by atoms with van der Waals surface area (Å²) in [4.78, 5) is 0. The fraction of sp³-hybridized carbons (Fsp3) is 0.769. The molecule has 2 unspecified atom stereocenters. The molecular formula is C13H22ClN3. The zero-order valence-corrected chi connectivity index (χ0v) is 11.5. The number of aromatic nitrogens is 2. The fourth-order valence-corrected chi connectivity index (χ4v) is 2.79. The molecule has 96 valence electrons. The number of aryl methyl sites for hydroxylation is 1. The molecule has 0 amide bonds. The van der Waals surface area contributed by atoms with Crippen LogP contribution in [0.3, 0.4) is 0 Å². The molecule has 2 atom stereocenters. The van der Waals surface area contributed by atoms with Crippen molar-refractivity contribution in [2.75, 3.05) is 13.1 Å². The molecule has 1 aromatic heterocycles. The maximum absolute atomic E-state index is 6.24. The van der Waals surface area contributed by atoms with E-state index in [-0.39, 0.29) is 0 Å². The van der Waals surface area contributed by atoms with Crippen LogP contribution in [0.5, 0.6) is 0 Å². The molecule has 4 heteroatoms. The zero-order valence-electron chi connectivity index (χ0n) is 10.7. The number of hydrogen-bond donors (Lipinski definition) is 1. The molecule has 1 aliphatic heterocycles. The minimum Gasteiger partial charge on any atom is -0.316 e. The lowest BCUT2D eigenvalue weighted by molar-refractivity contribution is 0.268. The van der Waals surface area contributed by atoms with E-state index < -0.39 is 0 Å². The van der Waals surface area contributed by atoms with Gasteiger partial charge in [0, 0.05) is 6.54 Å². The van der Waals surface area contributed by atoms with E-state index in [1.54, 1.807) is 6.20 Å². The molecule has 0 radical (unpaired) electrons. The lowest BCUT2D eigenvalue weighted by atomic mass is 9.85. The molecule has 0 spiro atoms. The van der Waals surface area contributed by atoms with Gasteiger partial charge in [0.05, 0.1) is 16.9 Å². The van der Waals surface area contributed by atoms with Gasteiger partial charge in [0.15, 0.2) is 0 Å². The summed E-state index contributed by atoms with van der Waals surface area (Å²) in [6.45, 7) is 7.75. The van der Waals surface area contributed by atoms with Crippen LogP contribution in [-0.4, -0.2) is 22.9 Å². The summed E-state index contributed by atoms with van der Waals surface area (Å²) in [5.41, 5.74) is 1.22. The van der Waals surface area contributed by atoms with Crippen LogP contribution in [0.1, 0.15) is 32.4 Å². The Hall–Kier alpha value is -0.540. The molecule has 2 heterocycles. The third kappa shape index (κ3) is 3.02. The number of halogens is 1. The number of piperidine rings is 1. The van der Waals surface area contributed by atoms with Gasteiger partial charge in [0.25, 0.3) is 0 Å². The number of rotatable bonds is 4. The van der Waals surface area contributed by atoms with Gasteiger partial charge in [-0.2, -0.15) is 5.10 Å². The molecule has 1 aliphatic rings. The summed E-state index contributed by atoms with van der Waals surface area (Å²) in [6.07, 6.45) is 5.20. The highest BCUT2D eigenvalue weighted by molar-refractivity contribution is 6.31. The predicted octanol–water partition coefficient (Wildman–Crippen LogP) is 2.73. The summed E-state index contributed by atoms with van der Waals surface area (Å²) in [7, 11) is 0. The second kappa shape index (κ2) is 5.87. The summed E-state index contributed by atoms with van der Waals surface area (Å²) in [5.74, 6) is 1.46. The number of nitrogens with zero attached hydrogens (tertiary/aromatic N) is 2. The topological polar surface area (TPSA) is 29.9 Å². The summed E-state index contributed by atoms with van der Waals surface area (Å²) in [5, 5.41) is 8.67. The van der Waals surface area contributed by atoms with Crippen LogP contribution in [0.25, 0.3) is 0 Å². The van der Waals surface area contributed by atoms with Crippen molar-refractivity contribution in [2.45, 2.75) is 39.7 Å². The largest absolute Gasteiger partial charge is 0.316 e. The van der Waals surface area contributed by atoms with E-state index in [4.69, 9.17) is 11.6 Å². The van der Waals surface area contributed by atoms with Crippen LogP contribution in [0, 0.1) is 11.8 Å². The van der Waals surface area contributed by atoms with Crippen molar-refractivity contribution < 1.29 is 0 Å². The lowest BCUT2D eigenvalue weighted by Crippen LogP contribution is -2.36.